The number of fused-ring (bicyclic) bond motifs is 1. The van der Waals surface area contributed by atoms with E-state index in [1.165, 1.54) is 14.0 Å². The van der Waals surface area contributed by atoms with Gasteiger partial charge in [-0.2, -0.15) is 0 Å². The average Bonchev–Trinajstić information content (AvgIpc) is 3.15. The van der Waals surface area contributed by atoms with E-state index in [-0.39, 0.29) is 23.1 Å². The zero-order valence-electron chi connectivity index (χ0n) is 17.3. The van der Waals surface area contributed by atoms with Crippen LogP contribution in [0.4, 0.5) is 0 Å². The molecule has 1 fully saturated rings. The quantitative estimate of drug-likeness (QED) is 0.322. The number of aromatic nitrogens is 1. The number of hydrogen-bond donors (Lipinski definition) is 1. The maximum absolute atomic E-state index is 12.7. The van der Waals surface area contributed by atoms with Crippen molar-refractivity contribution in [2.24, 2.45) is 11.8 Å². The minimum Gasteiger partial charge on any atom is -0.465 e. The first kappa shape index (κ1) is 21.5. The molecule has 2 heterocycles. The van der Waals surface area contributed by atoms with Gasteiger partial charge in [-0.15, -0.1) is 0 Å². The summed E-state index contributed by atoms with van der Waals surface area (Å²) in [4.78, 5) is 65.6. The van der Waals surface area contributed by atoms with Crippen molar-refractivity contribution in [3.63, 3.8) is 0 Å². The Labute approximate surface area is 173 Å². The second-order valence-electron chi connectivity index (χ2n) is 7.53. The number of likely N-dealkylation sites (tertiary alicyclic amines) is 1. The normalized spacial score (nSPS) is 21.4. The largest absolute Gasteiger partial charge is 0.465 e. The van der Waals surface area contributed by atoms with E-state index in [1.807, 2.05) is 12.2 Å². The fraction of sp³-hybridized carbons (Fsp3) is 0.476. The van der Waals surface area contributed by atoms with E-state index in [0.29, 0.717) is 24.1 Å². The number of amides is 2. The molecule has 0 saturated carbocycles. The Bertz CT molecular complexity index is 933. The molecule has 160 valence electrons. The van der Waals surface area contributed by atoms with Gasteiger partial charge in [0, 0.05) is 5.69 Å². The number of aryl methyl sites for hydroxylation is 1. The summed E-state index contributed by atoms with van der Waals surface area (Å²) >= 11 is 0. The summed E-state index contributed by atoms with van der Waals surface area (Å²) in [5.41, 5.74) is 1.25. The van der Waals surface area contributed by atoms with Crippen molar-refractivity contribution in [2.75, 3.05) is 13.7 Å². The molecule has 1 saturated heterocycles. The van der Waals surface area contributed by atoms with Gasteiger partial charge in [0.15, 0.2) is 6.10 Å². The molecule has 3 rings (SSSR count). The highest BCUT2D eigenvalue weighted by Gasteiger charge is 2.48. The van der Waals surface area contributed by atoms with Crippen LogP contribution in [0, 0.1) is 25.7 Å². The third-order valence-electron chi connectivity index (χ3n) is 5.64. The minimum absolute atomic E-state index is 0.138. The van der Waals surface area contributed by atoms with Gasteiger partial charge in [0.1, 0.15) is 6.54 Å². The zero-order chi connectivity index (χ0) is 22.2. The first-order chi connectivity index (χ1) is 14.2. The third-order valence-corrected chi connectivity index (χ3v) is 5.64. The van der Waals surface area contributed by atoms with Crippen LogP contribution in [-0.4, -0.2) is 59.2 Å². The van der Waals surface area contributed by atoms with Crippen LogP contribution >= 0.6 is 0 Å². The average molecular weight is 416 g/mol. The summed E-state index contributed by atoms with van der Waals surface area (Å²) in [5.74, 6) is -3.60. The molecule has 9 nitrogen and oxygen atoms in total. The number of carbonyl (C=O) groups is 5. The van der Waals surface area contributed by atoms with Crippen LogP contribution < -0.4 is 0 Å². The second-order valence-corrected chi connectivity index (χ2v) is 7.53. The zero-order valence-corrected chi connectivity index (χ0v) is 17.3. The molecule has 1 N–H and O–H groups in total. The monoisotopic (exact) mass is 416 g/mol. The van der Waals surface area contributed by atoms with Crippen molar-refractivity contribution in [2.45, 2.75) is 39.7 Å². The van der Waals surface area contributed by atoms with Crippen LogP contribution in [0.1, 0.15) is 51.9 Å². The van der Waals surface area contributed by atoms with Gasteiger partial charge < -0.3 is 14.5 Å². The lowest BCUT2D eigenvalue weighted by atomic mass is 9.85. The summed E-state index contributed by atoms with van der Waals surface area (Å²) in [6, 6.07) is 0. The molecule has 2 amide bonds. The lowest BCUT2D eigenvalue weighted by Gasteiger charge is -2.16. The molecular weight excluding hydrogens is 392 g/mol. The Morgan fingerprint density at radius 2 is 1.70 bits per heavy atom. The Morgan fingerprint density at radius 3 is 2.23 bits per heavy atom. The minimum atomic E-state index is -1.17. The molecule has 0 aromatic carbocycles. The second kappa shape index (κ2) is 8.25. The topological polar surface area (TPSA) is 123 Å². The first-order valence-electron chi connectivity index (χ1n) is 9.68. The maximum Gasteiger partial charge on any atom is 0.339 e. The van der Waals surface area contributed by atoms with Crippen molar-refractivity contribution in [3.05, 3.63) is 34.7 Å². The van der Waals surface area contributed by atoms with Crippen molar-refractivity contribution < 1.29 is 33.4 Å². The number of imide groups is 1. The summed E-state index contributed by atoms with van der Waals surface area (Å²) < 4.78 is 9.90. The van der Waals surface area contributed by atoms with E-state index in [2.05, 4.69) is 4.98 Å². The van der Waals surface area contributed by atoms with Gasteiger partial charge in [0.05, 0.1) is 30.2 Å². The first-order valence-corrected chi connectivity index (χ1v) is 9.68. The SMILES string of the molecule is COC(=O)c1c(C)[nH]c(C(=O)[C@H](C)OC(=O)CN2C(=O)[C@H]3CC=CC[C@@H]3C2=O)c1C. The van der Waals surface area contributed by atoms with Crippen LogP contribution in [-0.2, 0) is 23.9 Å². The number of Topliss-reactive ketones (excluding diaryl/α,β-unsaturated/α-hetero) is 1. The summed E-state index contributed by atoms with van der Waals surface area (Å²) in [6.45, 7) is 4.09. The molecule has 1 aliphatic heterocycles. The van der Waals surface area contributed by atoms with E-state index >= 15 is 0 Å². The molecule has 1 aromatic rings. The van der Waals surface area contributed by atoms with Crippen molar-refractivity contribution >= 4 is 29.5 Å². The molecule has 1 aromatic heterocycles. The number of ether oxygens (including phenoxy) is 2. The van der Waals surface area contributed by atoms with Crippen LogP contribution in [0.3, 0.4) is 0 Å². The molecule has 0 unspecified atom stereocenters. The van der Waals surface area contributed by atoms with Gasteiger partial charge in [0.2, 0.25) is 17.6 Å². The summed E-state index contributed by atoms with van der Waals surface area (Å²) in [6.07, 6.45) is 3.50. The Balaban J connectivity index is 1.66. The van der Waals surface area contributed by atoms with E-state index in [1.54, 1.807) is 13.8 Å². The number of rotatable bonds is 6. The molecule has 30 heavy (non-hydrogen) atoms. The van der Waals surface area contributed by atoms with Crippen molar-refractivity contribution in [3.8, 4) is 0 Å². The standard InChI is InChI=1S/C21H24N2O7/c1-10-16(21(28)29-4)11(2)22-17(10)18(25)12(3)30-15(24)9-23-19(26)13-7-5-6-8-14(13)20(23)27/h5-6,12-14,22H,7-9H2,1-4H3/t12-,13-,14-/m0/s1. The molecule has 9 heteroatoms. The van der Waals surface area contributed by atoms with E-state index in [4.69, 9.17) is 9.47 Å². The number of carbonyl (C=O) groups excluding carboxylic acids is 5. The van der Waals surface area contributed by atoms with Gasteiger partial charge >= 0.3 is 11.9 Å². The number of nitrogens with one attached hydrogen (secondary N) is 1. The number of allylic oxidation sites excluding steroid dienone is 2. The van der Waals surface area contributed by atoms with Crippen LogP contribution in [0.25, 0.3) is 0 Å². The summed E-state index contributed by atoms with van der Waals surface area (Å²) in [5, 5.41) is 0. The van der Waals surface area contributed by atoms with Gasteiger partial charge in [-0.3, -0.25) is 24.1 Å². The Kier molecular flexibility index (Phi) is 5.91. The van der Waals surface area contributed by atoms with Crippen LogP contribution in [0.2, 0.25) is 0 Å². The molecule has 1 aliphatic carbocycles. The molecule has 3 atom stereocenters. The molecule has 0 spiro atoms. The number of methoxy groups -OCH3 is 1. The number of H-pyrrole nitrogens is 1. The Morgan fingerprint density at radius 1 is 1.13 bits per heavy atom. The number of esters is 2. The van der Waals surface area contributed by atoms with Gasteiger partial charge in [-0.25, -0.2) is 4.79 Å². The van der Waals surface area contributed by atoms with Crippen LogP contribution in [0.15, 0.2) is 12.2 Å². The predicted octanol–water partition coefficient (Wildman–Crippen LogP) is 1.48. The fourth-order valence-corrected chi connectivity index (χ4v) is 4.05. The smallest absolute Gasteiger partial charge is 0.339 e. The predicted molar refractivity (Wildman–Crippen MR) is 104 cm³/mol. The van der Waals surface area contributed by atoms with E-state index < -0.39 is 42.2 Å². The number of aromatic amines is 1. The molecular formula is C21H24N2O7. The molecule has 0 radical (unpaired) electrons. The molecule has 0 bridgehead atoms. The van der Waals surface area contributed by atoms with E-state index in [0.717, 1.165) is 4.90 Å². The lowest BCUT2D eigenvalue weighted by molar-refractivity contribution is -0.154. The maximum atomic E-state index is 12.7. The van der Waals surface area contributed by atoms with Gasteiger partial charge in [0.25, 0.3) is 0 Å². The van der Waals surface area contributed by atoms with Crippen LogP contribution in [0.5, 0.6) is 0 Å². The highest BCUT2D eigenvalue weighted by molar-refractivity contribution is 6.08. The number of ketones is 1. The van der Waals surface area contributed by atoms with Crippen molar-refractivity contribution in [1.29, 1.82) is 0 Å². The number of nitrogens with zero attached hydrogens (tertiary/aromatic N) is 1. The van der Waals surface area contributed by atoms with Gasteiger partial charge in [-0.1, -0.05) is 12.2 Å². The lowest BCUT2D eigenvalue weighted by Crippen LogP contribution is -2.38. The Hall–Kier alpha value is -3.23. The number of hydrogen-bond acceptors (Lipinski definition) is 7. The highest BCUT2D eigenvalue weighted by Crippen LogP contribution is 2.34. The fourth-order valence-electron chi connectivity index (χ4n) is 4.05. The third kappa shape index (κ3) is 3.67. The van der Waals surface area contributed by atoms with E-state index in [9.17, 15) is 24.0 Å². The summed E-state index contributed by atoms with van der Waals surface area (Å²) in [7, 11) is 1.24. The molecule has 2 aliphatic rings. The van der Waals surface area contributed by atoms with Gasteiger partial charge in [-0.05, 0) is 39.2 Å². The van der Waals surface area contributed by atoms with Crippen molar-refractivity contribution in [1.82, 2.24) is 9.88 Å². The highest BCUT2D eigenvalue weighted by atomic mass is 16.5.